The molecule has 0 radical (unpaired) electrons. The highest BCUT2D eigenvalue weighted by atomic mass is 16.3. The molecule has 0 heterocycles. The monoisotopic (exact) mass is 312 g/mol. The second-order valence-corrected chi connectivity index (χ2v) is 5.80. The summed E-state index contributed by atoms with van der Waals surface area (Å²) in [5.74, 6) is -0.0961. The third kappa shape index (κ3) is 5.51. The normalized spacial score (nSPS) is 10.8. The van der Waals surface area contributed by atoms with Crippen LogP contribution in [-0.2, 0) is 6.42 Å². The average molecular weight is 312 g/mol. The maximum absolute atomic E-state index is 12.4. The minimum absolute atomic E-state index is 0.0961. The molecule has 0 aliphatic heterocycles. The molecular weight excluding hydrogens is 288 g/mol. The third-order valence-electron chi connectivity index (χ3n) is 3.73. The van der Waals surface area contributed by atoms with Crippen molar-refractivity contribution in [3.05, 3.63) is 65.2 Å². The number of benzene rings is 2. The summed E-state index contributed by atoms with van der Waals surface area (Å²) in [5.41, 5.74) is 3.70. The highest BCUT2D eigenvalue weighted by Crippen LogP contribution is 2.13. The smallest absolute Gasteiger partial charge is 0.255 e. The Hall–Kier alpha value is -2.17. The number of aryl methyl sites for hydroxylation is 1. The minimum Gasteiger partial charge on any atom is -0.395 e. The molecule has 4 heteroatoms. The molecule has 0 fully saturated rings. The lowest BCUT2D eigenvalue weighted by Gasteiger charge is -2.15. The van der Waals surface area contributed by atoms with Crippen molar-refractivity contribution in [2.75, 3.05) is 32.1 Å². The summed E-state index contributed by atoms with van der Waals surface area (Å²) in [7, 11) is 1.98. The first-order chi connectivity index (χ1) is 11.1. The van der Waals surface area contributed by atoms with Gasteiger partial charge < -0.3 is 15.3 Å². The molecule has 0 saturated carbocycles. The number of rotatable bonds is 7. The molecule has 0 atom stereocenters. The molecular formula is C19H24N2O2. The second kappa shape index (κ2) is 8.46. The Labute approximate surface area is 137 Å². The van der Waals surface area contributed by atoms with E-state index >= 15 is 0 Å². The summed E-state index contributed by atoms with van der Waals surface area (Å²) in [5, 5.41) is 11.8. The van der Waals surface area contributed by atoms with Crippen LogP contribution in [0.1, 0.15) is 21.5 Å². The van der Waals surface area contributed by atoms with Crippen molar-refractivity contribution in [3.8, 4) is 0 Å². The van der Waals surface area contributed by atoms with Gasteiger partial charge in [0.05, 0.1) is 6.61 Å². The molecule has 4 nitrogen and oxygen atoms in total. The molecule has 2 aromatic rings. The number of carbonyl (C=O) groups is 1. The Morgan fingerprint density at radius 1 is 1.13 bits per heavy atom. The number of aliphatic hydroxyl groups excluding tert-OH is 1. The largest absolute Gasteiger partial charge is 0.395 e. The topological polar surface area (TPSA) is 52.6 Å². The van der Waals surface area contributed by atoms with Gasteiger partial charge in [0.2, 0.25) is 0 Å². The molecule has 1 amide bonds. The lowest BCUT2D eigenvalue weighted by molar-refractivity contribution is 0.102. The van der Waals surface area contributed by atoms with Crippen molar-refractivity contribution in [2.45, 2.75) is 13.3 Å². The molecule has 0 aliphatic carbocycles. The number of carbonyl (C=O) groups excluding carboxylic acids is 1. The van der Waals surface area contributed by atoms with E-state index in [9.17, 15) is 4.79 Å². The number of anilines is 1. The van der Waals surface area contributed by atoms with Crippen molar-refractivity contribution >= 4 is 11.6 Å². The molecule has 0 aromatic heterocycles. The van der Waals surface area contributed by atoms with Gasteiger partial charge in [-0.05, 0) is 55.8 Å². The fourth-order valence-corrected chi connectivity index (χ4v) is 2.40. The molecule has 23 heavy (non-hydrogen) atoms. The zero-order valence-corrected chi connectivity index (χ0v) is 13.7. The fraction of sp³-hybridized carbons (Fsp3) is 0.316. The summed E-state index contributed by atoms with van der Waals surface area (Å²) >= 11 is 0. The third-order valence-corrected chi connectivity index (χ3v) is 3.73. The van der Waals surface area contributed by atoms with Gasteiger partial charge in [-0.15, -0.1) is 0 Å². The van der Waals surface area contributed by atoms with Crippen LogP contribution in [0.15, 0.2) is 48.5 Å². The fourth-order valence-electron chi connectivity index (χ4n) is 2.40. The number of hydrogen-bond acceptors (Lipinski definition) is 3. The Morgan fingerprint density at radius 2 is 1.91 bits per heavy atom. The van der Waals surface area contributed by atoms with Gasteiger partial charge in [-0.2, -0.15) is 0 Å². The van der Waals surface area contributed by atoms with Crippen LogP contribution in [0.25, 0.3) is 0 Å². The van der Waals surface area contributed by atoms with E-state index in [1.54, 1.807) is 0 Å². The van der Waals surface area contributed by atoms with Gasteiger partial charge in [0.15, 0.2) is 0 Å². The van der Waals surface area contributed by atoms with Crippen LogP contribution in [0.3, 0.4) is 0 Å². The van der Waals surface area contributed by atoms with Crippen molar-refractivity contribution in [2.24, 2.45) is 0 Å². The molecule has 122 valence electrons. The van der Waals surface area contributed by atoms with Crippen molar-refractivity contribution in [1.29, 1.82) is 0 Å². The first kappa shape index (κ1) is 17.2. The van der Waals surface area contributed by atoms with E-state index < -0.39 is 0 Å². The number of nitrogens with zero attached hydrogens (tertiary/aromatic N) is 1. The molecule has 2 rings (SSSR count). The summed E-state index contributed by atoms with van der Waals surface area (Å²) in [6.07, 6.45) is 0.849. The summed E-state index contributed by atoms with van der Waals surface area (Å²) in [6, 6.07) is 15.5. The Morgan fingerprint density at radius 3 is 2.65 bits per heavy atom. The molecule has 0 bridgehead atoms. The average Bonchev–Trinajstić information content (AvgIpc) is 2.53. The second-order valence-electron chi connectivity index (χ2n) is 5.80. The van der Waals surface area contributed by atoms with E-state index in [-0.39, 0.29) is 12.5 Å². The van der Waals surface area contributed by atoms with Gasteiger partial charge in [0, 0.05) is 24.3 Å². The highest BCUT2D eigenvalue weighted by molar-refractivity contribution is 6.04. The highest BCUT2D eigenvalue weighted by Gasteiger charge is 2.07. The molecule has 0 saturated heterocycles. The van der Waals surface area contributed by atoms with E-state index in [1.165, 1.54) is 0 Å². The molecule has 0 aliphatic rings. The number of amides is 1. The van der Waals surface area contributed by atoms with Gasteiger partial charge in [0.25, 0.3) is 5.91 Å². The van der Waals surface area contributed by atoms with Crippen LogP contribution in [0.4, 0.5) is 5.69 Å². The predicted molar refractivity (Wildman–Crippen MR) is 93.9 cm³/mol. The maximum Gasteiger partial charge on any atom is 0.255 e. The van der Waals surface area contributed by atoms with Crippen LogP contribution in [-0.4, -0.2) is 42.7 Å². The Balaban J connectivity index is 1.99. The Kier molecular flexibility index (Phi) is 6.32. The van der Waals surface area contributed by atoms with Crippen molar-refractivity contribution < 1.29 is 9.90 Å². The quantitative estimate of drug-likeness (QED) is 0.826. The molecule has 0 unspecified atom stereocenters. The van der Waals surface area contributed by atoms with Gasteiger partial charge in [-0.1, -0.05) is 24.3 Å². The molecule has 2 N–H and O–H groups in total. The zero-order chi connectivity index (χ0) is 16.7. The van der Waals surface area contributed by atoms with E-state index in [2.05, 4.69) is 10.2 Å². The number of hydrogen-bond donors (Lipinski definition) is 2. The first-order valence-electron chi connectivity index (χ1n) is 7.85. The lowest BCUT2D eigenvalue weighted by atomic mass is 10.1. The van der Waals surface area contributed by atoms with E-state index in [1.807, 2.05) is 62.5 Å². The van der Waals surface area contributed by atoms with Crippen LogP contribution in [0.2, 0.25) is 0 Å². The summed E-state index contributed by atoms with van der Waals surface area (Å²) < 4.78 is 0. The van der Waals surface area contributed by atoms with Crippen LogP contribution >= 0.6 is 0 Å². The predicted octanol–water partition coefficient (Wildman–Crippen LogP) is 2.71. The van der Waals surface area contributed by atoms with E-state index in [0.29, 0.717) is 12.1 Å². The van der Waals surface area contributed by atoms with Crippen LogP contribution < -0.4 is 5.32 Å². The van der Waals surface area contributed by atoms with E-state index in [4.69, 9.17) is 5.11 Å². The SMILES string of the molecule is Cc1cccc(NC(=O)c2cccc(CCN(C)CCO)c2)c1. The first-order valence-corrected chi connectivity index (χ1v) is 7.85. The van der Waals surface area contributed by atoms with Gasteiger partial charge in [0.1, 0.15) is 0 Å². The van der Waals surface area contributed by atoms with Crippen molar-refractivity contribution in [3.63, 3.8) is 0 Å². The van der Waals surface area contributed by atoms with Crippen LogP contribution in [0.5, 0.6) is 0 Å². The summed E-state index contributed by atoms with van der Waals surface area (Å²) in [4.78, 5) is 14.4. The number of nitrogens with one attached hydrogen (secondary N) is 1. The standard InChI is InChI=1S/C19H24N2O2/c1-15-5-3-8-18(13-15)20-19(23)17-7-4-6-16(14-17)9-10-21(2)11-12-22/h3-8,13-14,22H,9-12H2,1-2H3,(H,20,23). The zero-order valence-electron chi connectivity index (χ0n) is 13.7. The Bertz CT molecular complexity index is 655. The molecule has 2 aromatic carbocycles. The summed E-state index contributed by atoms with van der Waals surface area (Å²) in [6.45, 7) is 3.67. The number of likely N-dealkylation sites (N-methyl/N-ethyl adjacent to an activating group) is 1. The van der Waals surface area contributed by atoms with Gasteiger partial charge >= 0.3 is 0 Å². The van der Waals surface area contributed by atoms with Gasteiger partial charge in [-0.25, -0.2) is 0 Å². The van der Waals surface area contributed by atoms with E-state index in [0.717, 1.165) is 29.8 Å². The van der Waals surface area contributed by atoms with Crippen LogP contribution in [0, 0.1) is 6.92 Å². The number of aliphatic hydroxyl groups is 1. The van der Waals surface area contributed by atoms with Crippen molar-refractivity contribution in [1.82, 2.24) is 4.90 Å². The lowest BCUT2D eigenvalue weighted by Crippen LogP contribution is -2.24. The van der Waals surface area contributed by atoms with Gasteiger partial charge in [-0.3, -0.25) is 4.79 Å². The molecule has 0 spiro atoms. The maximum atomic E-state index is 12.4. The minimum atomic E-state index is -0.0961.